The van der Waals surface area contributed by atoms with Gasteiger partial charge >= 0.3 is 11.9 Å². The minimum absolute atomic E-state index is 0.122. The van der Waals surface area contributed by atoms with E-state index < -0.39 is 5.97 Å². The molecule has 1 rings (SSSR count). The van der Waals surface area contributed by atoms with Crippen molar-refractivity contribution in [2.45, 2.75) is 116 Å². The van der Waals surface area contributed by atoms with Crippen molar-refractivity contribution in [3.63, 3.8) is 0 Å². The maximum absolute atomic E-state index is 11.9. The molecule has 0 unspecified atom stereocenters. The van der Waals surface area contributed by atoms with Crippen molar-refractivity contribution in [1.29, 1.82) is 0 Å². The summed E-state index contributed by atoms with van der Waals surface area (Å²) in [6.45, 7) is 2.72. The Hall–Kier alpha value is -1.26. The summed E-state index contributed by atoms with van der Waals surface area (Å²) >= 11 is 11.8. The molecule has 0 atom stereocenters. The van der Waals surface area contributed by atoms with Crippen molar-refractivity contribution in [2.75, 3.05) is 6.61 Å². The Bertz CT molecular complexity index is 664. The number of benzene rings is 1. The molecule has 0 radical (unpaired) electrons. The van der Waals surface area contributed by atoms with Crippen molar-refractivity contribution in [2.24, 2.45) is 0 Å². The SMILES string of the molecule is CCCCCCCCCCCCCCCCOC(=O)CCCC(=O)Oc1cc(Cl)ccc1Cl. The van der Waals surface area contributed by atoms with E-state index in [1.807, 2.05) is 0 Å². The summed E-state index contributed by atoms with van der Waals surface area (Å²) in [4.78, 5) is 23.7. The van der Waals surface area contributed by atoms with Crippen LogP contribution in [0.5, 0.6) is 5.75 Å². The summed E-state index contributed by atoms with van der Waals surface area (Å²) in [6, 6.07) is 4.68. The summed E-state index contributed by atoms with van der Waals surface area (Å²) in [5.74, 6) is -0.480. The number of esters is 2. The van der Waals surface area contributed by atoms with Crippen LogP contribution in [0.25, 0.3) is 0 Å². The molecule has 33 heavy (non-hydrogen) atoms. The molecule has 0 fully saturated rings. The van der Waals surface area contributed by atoms with Crippen molar-refractivity contribution < 1.29 is 19.1 Å². The molecule has 0 saturated heterocycles. The summed E-state index contributed by atoms with van der Waals surface area (Å²) in [5.41, 5.74) is 0. The van der Waals surface area contributed by atoms with Gasteiger partial charge in [0, 0.05) is 23.9 Å². The van der Waals surface area contributed by atoms with Gasteiger partial charge in [0.1, 0.15) is 0 Å². The second-order valence-corrected chi connectivity index (χ2v) is 9.56. The molecule has 0 aliphatic rings. The molecule has 4 nitrogen and oxygen atoms in total. The summed E-state index contributed by atoms with van der Waals surface area (Å²) in [5, 5.41) is 0.759. The topological polar surface area (TPSA) is 52.6 Å². The highest BCUT2D eigenvalue weighted by Crippen LogP contribution is 2.28. The van der Waals surface area contributed by atoms with E-state index in [1.54, 1.807) is 12.1 Å². The highest BCUT2D eigenvalue weighted by Gasteiger charge is 2.11. The Labute approximate surface area is 210 Å². The van der Waals surface area contributed by atoms with Crippen LogP contribution in [0, 0.1) is 0 Å². The van der Waals surface area contributed by atoms with Crippen molar-refractivity contribution in [1.82, 2.24) is 0 Å². The Morgan fingerprint density at radius 1 is 0.697 bits per heavy atom. The normalized spacial score (nSPS) is 10.9. The fourth-order valence-corrected chi connectivity index (χ4v) is 3.98. The zero-order valence-corrected chi connectivity index (χ0v) is 21.9. The van der Waals surface area contributed by atoms with Gasteiger partial charge in [-0.15, -0.1) is 0 Å². The molecular weight excluding hydrogens is 459 g/mol. The van der Waals surface area contributed by atoms with E-state index in [0.717, 1.165) is 12.8 Å². The number of hydrogen-bond acceptors (Lipinski definition) is 4. The number of unbranched alkanes of at least 4 members (excludes halogenated alkanes) is 13. The number of hydrogen-bond donors (Lipinski definition) is 0. The molecule has 0 saturated carbocycles. The molecule has 0 aliphatic carbocycles. The van der Waals surface area contributed by atoms with Crippen LogP contribution in [-0.4, -0.2) is 18.5 Å². The number of ether oxygens (including phenoxy) is 2. The lowest BCUT2D eigenvalue weighted by Crippen LogP contribution is -2.10. The van der Waals surface area contributed by atoms with Crippen LogP contribution in [-0.2, 0) is 14.3 Å². The molecule has 188 valence electrons. The van der Waals surface area contributed by atoms with Crippen LogP contribution >= 0.6 is 23.2 Å². The van der Waals surface area contributed by atoms with Gasteiger partial charge in [0.15, 0.2) is 5.75 Å². The quantitative estimate of drug-likeness (QED) is 0.102. The van der Waals surface area contributed by atoms with Gasteiger partial charge in [-0.25, -0.2) is 0 Å². The summed E-state index contributed by atoms with van der Waals surface area (Å²) in [6.07, 6.45) is 18.9. The van der Waals surface area contributed by atoms with Crippen LogP contribution in [0.15, 0.2) is 18.2 Å². The predicted molar refractivity (Wildman–Crippen MR) is 137 cm³/mol. The lowest BCUT2D eigenvalue weighted by atomic mass is 10.0. The van der Waals surface area contributed by atoms with E-state index in [2.05, 4.69) is 6.92 Å². The highest BCUT2D eigenvalue weighted by atomic mass is 35.5. The standard InChI is InChI=1S/C27H42Cl2O4/c1-2-3-4-5-6-7-8-9-10-11-12-13-14-15-21-32-26(30)17-16-18-27(31)33-25-22-23(28)19-20-24(25)29/h19-20,22H,2-18,21H2,1H3. The molecule has 0 aromatic heterocycles. The summed E-state index contributed by atoms with van der Waals surface area (Å²) in [7, 11) is 0. The first-order valence-electron chi connectivity index (χ1n) is 12.8. The van der Waals surface area contributed by atoms with Crippen molar-refractivity contribution in [3.05, 3.63) is 28.2 Å². The molecule has 0 spiro atoms. The van der Waals surface area contributed by atoms with Gasteiger partial charge in [-0.2, -0.15) is 0 Å². The molecule has 0 aliphatic heterocycles. The van der Waals surface area contributed by atoms with E-state index in [9.17, 15) is 9.59 Å². The van der Waals surface area contributed by atoms with E-state index in [-0.39, 0.29) is 24.6 Å². The Kier molecular flexibility index (Phi) is 18.2. The van der Waals surface area contributed by atoms with E-state index in [0.29, 0.717) is 23.1 Å². The van der Waals surface area contributed by atoms with Crippen LogP contribution in [0.1, 0.15) is 116 Å². The molecule has 0 N–H and O–H groups in total. The lowest BCUT2D eigenvalue weighted by Gasteiger charge is -2.07. The number of carbonyl (C=O) groups is 2. The van der Waals surface area contributed by atoms with E-state index >= 15 is 0 Å². The number of carbonyl (C=O) groups excluding carboxylic acids is 2. The van der Waals surface area contributed by atoms with E-state index in [4.69, 9.17) is 32.7 Å². The first-order valence-corrected chi connectivity index (χ1v) is 13.6. The van der Waals surface area contributed by atoms with Gasteiger partial charge < -0.3 is 9.47 Å². The van der Waals surface area contributed by atoms with Gasteiger partial charge in [0.25, 0.3) is 0 Å². The van der Waals surface area contributed by atoms with E-state index in [1.165, 1.54) is 83.1 Å². The molecule has 1 aromatic rings. The van der Waals surface area contributed by atoms with Gasteiger partial charge in [0.2, 0.25) is 0 Å². The van der Waals surface area contributed by atoms with Crippen LogP contribution < -0.4 is 4.74 Å². The number of rotatable bonds is 20. The Morgan fingerprint density at radius 2 is 1.21 bits per heavy atom. The first-order chi connectivity index (χ1) is 16.0. The second kappa shape index (κ2) is 20.1. The van der Waals surface area contributed by atoms with Crippen LogP contribution in [0.3, 0.4) is 0 Å². The molecular formula is C27H42Cl2O4. The molecule has 0 heterocycles. The van der Waals surface area contributed by atoms with Crippen molar-refractivity contribution >= 4 is 35.1 Å². The molecule has 6 heteroatoms. The minimum Gasteiger partial charge on any atom is -0.466 e. The average Bonchev–Trinajstić information content (AvgIpc) is 2.79. The third-order valence-electron chi connectivity index (χ3n) is 5.64. The molecule has 1 aromatic carbocycles. The van der Waals surface area contributed by atoms with Crippen LogP contribution in [0.2, 0.25) is 10.0 Å². The second-order valence-electron chi connectivity index (χ2n) is 8.72. The van der Waals surface area contributed by atoms with Crippen molar-refractivity contribution in [3.8, 4) is 5.75 Å². The minimum atomic E-state index is -0.445. The summed E-state index contributed by atoms with van der Waals surface area (Å²) < 4.78 is 10.4. The zero-order chi connectivity index (χ0) is 24.2. The predicted octanol–water partition coefficient (Wildman–Crippen LogP) is 9.09. The molecule has 0 amide bonds. The maximum Gasteiger partial charge on any atom is 0.311 e. The Balaban J connectivity index is 1.88. The highest BCUT2D eigenvalue weighted by molar-refractivity contribution is 6.34. The lowest BCUT2D eigenvalue weighted by molar-refractivity contribution is -0.144. The van der Waals surface area contributed by atoms with Crippen LogP contribution in [0.4, 0.5) is 0 Å². The number of halogens is 2. The maximum atomic E-state index is 11.9. The Morgan fingerprint density at radius 3 is 1.79 bits per heavy atom. The van der Waals surface area contributed by atoms with Gasteiger partial charge in [0.05, 0.1) is 11.6 Å². The average molecular weight is 502 g/mol. The van der Waals surface area contributed by atoms with Gasteiger partial charge in [-0.05, 0) is 25.0 Å². The smallest absolute Gasteiger partial charge is 0.311 e. The third-order valence-corrected chi connectivity index (χ3v) is 6.19. The van der Waals surface area contributed by atoms with Gasteiger partial charge in [-0.3, -0.25) is 9.59 Å². The third kappa shape index (κ3) is 16.9. The molecule has 0 bridgehead atoms. The van der Waals surface area contributed by atoms with Gasteiger partial charge in [-0.1, -0.05) is 114 Å². The largest absolute Gasteiger partial charge is 0.466 e. The first kappa shape index (κ1) is 29.8. The monoisotopic (exact) mass is 500 g/mol. The fourth-order valence-electron chi connectivity index (χ4n) is 3.66. The zero-order valence-electron chi connectivity index (χ0n) is 20.3. The fraction of sp³-hybridized carbons (Fsp3) is 0.704.